The fourth-order valence-electron chi connectivity index (χ4n) is 3.30. The van der Waals surface area contributed by atoms with Crippen LogP contribution in [0.15, 0.2) is 53.7 Å². The molecule has 0 aliphatic rings. The Morgan fingerprint density at radius 2 is 1.85 bits per heavy atom. The van der Waals surface area contributed by atoms with Gasteiger partial charge >= 0.3 is 0 Å². The maximum atomic E-state index is 12.8. The van der Waals surface area contributed by atoms with E-state index in [0.29, 0.717) is 36.2 Å². The van der Waals surface area contributed by atoms with Gasteiger partial charge in [-0.1, -0.05) is 19.9 Å². The second-order valence-corrected chi connectivity index (χ2v) is 9.29. The SMILES string of the molecule is CCN(CC)S(=O)(=O)c1cc(C(=O)Nc2ccc(Oc3ccc(C)cc3OC)nc2)n(C)c1. The van der Waals surface area contributed by atoms with Gasteiger partial charge in [0.2, 0.25) is 15.9 Å². The lowest BCUT2D eigenvalue weighted by Gasteiger charge is -2.17. The van der Waals surface area contributed by atoms with Gasteiger partial charge < -0.3 is 19.4 Å². The maximum Gasteiger partial charge on any atom is 0.272 e. The lowest BCUT2D eigenvalue weighted by Crippen LogP contribution is -2.30. The monoisotopic (exact) mass is 472 g/mol. The molecule has 0 saturated heterocycles. The van der Waals surface area contributed by atoms with E-state index < -0.39 is 15.9 Å². The van der Waals surface area contributed by atoms with Crippen LogP contribution in [0.3, 0.4) is 0 Å². The highest BCUT2D eigenvalue weighted by molar-refractivity contribution is 7.89. The molecule has 33 heavy (non-hydrogen) atoms. The molecule has 3 aromatic rings. The number of hydrogen-bond donors (Lipinski definition) is 1. The molecule has 0 unspecified atom stereocenters. The number of methoxy groups -OCH3 is 1. The fourth-order valence-corrected chi connectivity index (χ4v) is 4.83. The van der Waals surface area contributed by atoms with Gasteiger partial charge in [0, 0.05) is 32.4 Å². The normalized spacial score (nSPS) is 11.5. The largest absolute Gasteiger partial charge is 0.493 e. The van der Waals surface area contributed by atoms with Crippen molar-refractivity contribution in [2.75, 3.05) is 25.5 Å². The summed E-state index contributed by atoms with van der Waals surface area (Å²) >= 11 is 0. The van der Waals surface area contributed by atoms with E-state index in [1.165, 1.54) is 27.3 Å². The third-order valence-corrected chi connectivity index (χ3v) is 7.10. The number of pyridine rings is 1. The highest BCUT2D eigenvalue weighted by Crippen LogP contribution is 2.31. The van der Waals surface area contributed by atoms with Gasteiger partial charge in [-0.3, -0.25) is 4.79 Å². The van der Waals surface area contributed by atoms with E-state index in [2.05, 4.69) is 10.3 Å². The van der Waals surface area contributed by atoms with Crippen molar-refractivity contribution in [3.63, 3.8) is 0 Å². The zero-order valence-corrected chi connectivity index (χ0v) is 20.1. The lowest BCUT2D eigenvalue weighted by molar-refractivity contribution is 0.101. The summed E-state index contributed by atoms with van der Waals surface area (Å²) in [5.41, 5.74) is 1.70. The predicted octanol–water partition coefficient (Wildman–Crippen LogP) is 3.81. The van der Waals surface area contributed by atoms with Crippen LogP contribution in [0.1, 0.15) is 29.9 Å². The van der Waals surface area contributed by atoms with Crippen LogP contribution in [-0.4, -0.2) is 48.4 Å². The molecule has 2 heterocycles. The van der Waals surface area contributed by atoms with E-state index in [4.69, 9.17) is 9.47 Å². The smallest absolute Gasteiger partial charge is 0.272 e. The Kier molecular flexibility index (Phi) is 7.39. The van der Waals surface area contributed by atoms with E-state index in [1.807, 2.05) is 19.1 Å². The summed E-state index contributed by atoms with van der Waals surface area (Å²) in [4.78, 5) is 17.1. The zero-order valence-electron chi connectivity index (χ0n) is 19.3. The molecule has 0 bridgehead atoms. The van der Waals surface area contributed by atoms with Crippen LogP contribution in [0.5, 0.6) is 17.4 Å². The zero-order chi connectivity index (χ0) is 24.2. The van der Waals surface area contributed by atoms with E-state index in [-0.39, 0.29) is 10.6 Å². The summed E-state index contributed by atoms with van der Waals surface area (Å²) in [6, 6.07) is 10.2. The molecule has 0 spiro atoms. The Bertz CT molecular complexity index is 1230. The number of carbonyl (C=O) groups excluding carboxylic acids is 1. The topological polar surface area (TPSA) is 103 Å². The van der Waals surface area contributed by atoms with Gasteiger partial charge in [0.1, 0.15) is 10.6 Å². The fraction of sp³-hybridized carbons (Fsp3) is 0.304. The summed E-state index contributed by atoms with van der Waals surface area (Å²) in [5.74, 6) is 1.00. The van der Waals surface area contributed by atoms with Crippen molar-refractivity contribution < 1.29 is 22.7 Å². The second kappa shape index (κ2) is 10.1. The molecule has 1 aromatic carbocycles. The number of ether oxygens (including phenoxy) is 2. The number of sulfonamides is 1. The number of benzene rings is 1. The number of rotatable bonds is 9. The minimum atomic E-state index is -3.66. The number of amides is 1. The first-order chi connectivity index (χ1) is 15.7. The molecule has 0 radical (unpaired) electrons. The molecule has 0 aliphatic carbocycles. The number of aryl methyl sites for hydroxylation is 2. The summed E-state index contributed by atoms with van der Waals surface area (Å²) < 4.78 is 39.4. The van der Waals surface area contributed by atoms with Crippen LogP contribution < -0.4 is 14.8 Å². The summed E-state index contributed by atoms with van der Waals surface area (Å²) in [7, 11) is -0.469. The molecule has 3 rings (SSSR count). The van der Waals surface area contributed by atoms with Gasteiger partial charge in [-0.15, -0.1) is 0 Å². The second-order valence-electron chi connectivity index (χ2n) is 7.36. The Hall–Kier alpha value is -3.37. The predicted molar refractivity (Wildman–Crippen MR) is 126 cm³/mol. The molecule has 176 valence electrons. The first-order valence-electron chi connectivity index (χ1n) is 10.5. The minimum absolute atomic E-state index is 0.0766. The van der Waals surface area contributed by atoms with Gasteiger partial charge in [0.15, 0.2) is 11.5 Å². The van der Waals surface area contributed by atoms with Crippen LogP contribution in [-0.2, 0) is 17.1 Å². The van der Waals surface area contributed by atoms with Crippen molar-refractivity contribution >= 4 is 21.6 Å². The van der Waals surface area contributed by atoms with Gasteiger partial charge in [0.05, 0.1) is 19.0 Å². The Labute approximate surface area is 194 Å². The Balaban J connectivity index is 1.73. The van der Waals surface area contributed by atoms with Crippen molar-refractivity contribution in [1.82, 2.24) is 13.9 Å². The van der Waals surface area contributed by atoms with Crippen LogP contribution in [0.25, 0.3) is 0 Å². The molecule has 1 amide bonds. The number of nitrogens with zero attached hydrogens (tertiary/aromatic N) is 3. The first kappa shape index (κ1) is 24.3. The van der Waals surface area contributed by atoms with E-state index in [1.54, 1.807) is 46.2 Å². The van der Waals surface area contributed by atoms with Crippen LogP contribution in [0.4, 0.5) is 5.69 Å². The summed E-state index contributed by atoms with van der Waals surface area (Å²) in [6.45, 7) is 6.20. The Morgan fingerprint density at radius 1 is 1.12 bits per heavy atom. The molecular formula is C23H28N4O5S. The van der Waals surface area contributed by atoms with Crippen LogP contribution in [0.2, 0.25) is 0 Å². The molecule has 1 N–H and O–H groups in total. The third kappa shape index (κ3) is 5.35. The minimum Gasteiger partial charge on any atom is -0.493 e. The molecule has 9 nitrogen and oxygen atoms in total. The number of anilines is 1. The highest BCUT2D eigenvalue weighted by atomic mass is 32.2. The first-order valence-corrected chi connectivity index (χ1v) is 11.9. The number of aromatic nitrogens is 2. The van der Waals surface area contributed by atoms with Crippen molar-refractivity contribution in [1.29, 1.82) is 0 Å². The molecule has 0 saturated carbocycles. The van der Waals surface area contributed by atoms with Crippen molar-refractivity contribution in [2.45, 2.75) is 25.7 Å². The van der Waals surface area contributed by atoms with Gasteiger partial charge in [-0.25, -0.2) is 13.4 Å². The average molecular weight is 473 g/mol. The quantitative estimate of drug-likeness (QED) is 0.508. The van der Waals surface area contributed by atoms with Crippen molar-refractivity contribution in [3.8, 4) is 17.4 Å². The van der Waals surface area contributed by atoms with Crippen molar-refractivity contribution in [2.24, 2.45) is 7.05 Å². The van der Waals surface area contributed by atoms with Crippen LogP contribution in [0, 0.1) is 6.92 Å². The lowest BCUT2D eigenvalue weighted by atomic mass is 10.2. The van der Waals surface area contributed by atoms with E-state index in [0.717, 1.165) is 5.56 Å². The molecule has 0 atom stereocenters. The molecule has 2 aromatic heterocycles. The summed E-state index contributed by atoms with van der Waals surface area (Å²) in [5, 5.41) is 2.73. The average Bonchev–Trinajstić information content (AvgIpc) is 3.19. The number of hydrogen-bond acceptors (Lipinski definition) is 6. The number of nitrogens with one attached hydrogen (secondary N) is 1. The molecule has 10 heteroatoms. The van der Waals surface area contributed by atoms with Gasteiger partial charge in [-0.05, 0) is 36.8 Å². The number of carbonyl (C=O) groups is 1. The summed E-state index contributed by atoms with van der Waals surface area (Å²) in [6.07, 6.45) is 2.90. The molecular weight excluding hydrogens is 444 g/mol. The standard InChI is InChI=1S/C23H28N4O5S/c1-6-27(7-2)33(29,30)18-13-19(26(4)15-18)23(28)25-17-9-11-22(24-14-17)32-20-10-8-16(3)12-21(20)31-5/h8-15H,6-7H2,1-5H3,(H,25,28). The van der Waals surface area contributed by atoms with Crippen molar-refractivity contribution in [3.05, 3.63) is 60.0 Å². The van der Waals surface area contributed by atoms with Gasteiger partial charge in [0.25, 0.3) is 5.91 Å². The molecule has 0 aliphatic heterocycles. The third-order valence-electron chi connectivity index (χ3n) is 5.08. The molecule has 0 fully saturated rings. The van der Waals surface area contributed by atoms with E-state index >= 15 is 0 Å². The van der Waals surface area contributed by atoms with Gasteiger partial charge in [-0.2, -0.15) is 4.31 Å². The maximum absolute atomic E-state index is 12.8. The Morgan fingerprint density at radius 3 is 2.45 bits per heavy atom. The highest BCUT2D eigenvalue weighted by Gasteiger charge is 2.25. The van der Waals surface area contributed by atoms with E-state index in [9.17, 15) is 13.2 Å². The van der Waals surface area contributed by atoms with Crippen LogP contribution >= 0.6 is 0 Å².